The van der Waals surface area contributed by atoms with Gasteiger partial charge in [-0.05, 0) is 0 Å². The molecule has 0 aliphatic heterocycles. The number of carbonyl (C=O) groups is 1. The van der Waals surface area contributed by atoms with Crippen molar-refractivity contribution in [3.63, 3.8) is 0 Å². The van der Waals surface area contributed by atoms with Gasteiger partial charge in [0.1, 0.15) is 17.2 Å². The predicted octanol–water partition coefficient (Wildman–Crippen LogP) is 0.235. The first-order valence-corrected chi connectivity index (χ1v) is 4.09. The third-order valence-electron chi connectivity index (χ3n) is 1.01. The van der Waals surface area contributed by atoms with Crippen LogP contribution in [-0.2, 0) is 4.79 Å². The number of aromatic nitrogens is 2. The molecule has 0 saturated carbocycles. The highest BCUT2D eigenvalue weighted by molar-refractivity contribution is 7.99. The Kier molecular flexibility index (Phi) is 2.87. The maximum absolute atomic E-state index is 10.2. The standard InChI is InChI=1S/C6H7N3O2S/c7-4-1-5(9-3-8-4)12-2-6(10)11/h1,3H,2H2,(H,10,11)(H2,7,8,9). The monoisotopic (exact) mass is 185 g/mol. The summed E-state index contributed by atoms with van der Waals surface area (Å²) in [5, 5.41) is 8.92. The Morgan fingerprint density at radius 1 is 1.67 bits per heavy atom. The number of carboxylic acids is 1. The van der Waals surface area contributed by atoms with Gasteiger partial charge in [0.2, 0.25) is 0 Å². The Morgan fingerprint density at radius 2 is 2.42 bits per heavy atom. The maximum atomic E-state index is 10.2. The van der Waals surface area contributed by atoms with E-state index in [0.717, 1.165) is 11.8 Å². The van der Waals surface area contributed by atoms with Gasteiger partial charge in [-0.25, -0.2) is 9.97 Å². The zero-order valence-electron chi connectivity index (χ0n) is 6.10. The molecule has 0 atom stereocenters. The third-order valence-corrected chi connectivity index (χ3v) is 1.92. The Morgan fingerprint density at radius 3 is 3.00 bits per heavy atom. The van der Waals surface area contributed by atoms with Crippen molar-refractivity contribution in [3.05, 3.63) is 12.4 Å². The van der Waals surface area contributed by atoms with Gasteiger partial charge < -0.3 is 10.8 Å². The van der Waals surface area contributed by atoms with Gasteiger partial charge in [0.05, 0.1) is 5.75 Å². The van der Waals surface area contributed by atoms with Crippen LogP contribution in [0.25, 0.3) is 0 Å². The summed E-state index contributed by atoms with van der Waals surface area (Å²) in [4.78, 5) is 17.7. The van der Waals surface area contributed by atoms with Crippen molar-refractivity contribution < 1.29 is 9.90 Å². The smallest absolute Gasteiger partial charge is 0.313 e. The molecule has 12 heavy (non-hydrogen) atoms. The second-order valence-corrected chi connectivity index (χ2v) is 2.96. The molecular formula is C6H7N3O2S. The predicted molar refractivity (Wildman–Crippen MR) is 44.8 cm³/mol. The minimum atomic E-state index is -0.878. The lowest BCUT2D eigenvalue weighted by atomic mass is 10.6. The van der Waals surface area contributed by atoms with Gasteiger partial charge in [-0.3, -0.25) is 4.79 Å². The van der Waals surface area contributed by atoms with Crippen LogP contribution in [0.1, 0.15) is 0 Å². The number of hydrogen-bond donors (Lipinski definition) is 2. The van der Waals surface area contributed by atoms with Gasteiger partial charge >= 0.3 is 5.97 Å². The van der Waals surface area contributed by atoms with Crippen LogP contribution in [0.2, 0.25) is 0 Å². The van der Waals surface area contributed by atoms with E-state index in [1.807, 2.05) is 0 Å². The number of anilines is 1. The lowest BCUT2D eigenvalue weighted by Crippen LogP contribution is -1.99. The summed E-state index contributed by atoms with van der Waals surface area (Å²) in [5.74, 6) is -0.550. The first-order valence-electron chi connectivity index (χ1n) is 3.10. The van der Waals surface area contributed by atoms with Gasteiger partial charge in [-0.2, -0.15) is 0 Å². The van der Waals surface area contributed by atoms with Gasteiger partial charge in [0.15, 0.2) is 0 Å². The zero-order valence-corrected chi connectivity index (χ0v) is 6.91. The first-order chi connectivity index (χ1) is 5.68. The van der Waals surface area contributed by atoms with Crippen LogP contribution >= 0.6 is 11.8 Å². The van der Waals surface area contributed by atoms with Crippen molar-refractivity contribution in [1.82, 2.24) is 9.97 Å². The molecule has 0 unspecified atom stereocenters. The molecule has 0 radical (unpaired) electrons. The van der Waals surface area contributed by atoms with Crippen LogP contribution in [0.4, 0.5) is 5.82 Å². The molecule has 1 aromatic rings. The summed E-state index contributed by atoms with van der Waals surface area (Å²) in [6.07, 6.45) is 1.31. The third kappa shape index (κ3) is 2.75. The van der Waals surface area contributed by atoms with Crippen molar-refractivity contribution in [3.8, 4) is 0 Å². The van der Waals surface area contributed by atoms with E-state index < -0.39 is 5.97 Å². The molecule has 0 aliphatic rings. The summed E-state index contributed by atoms with van der Waals surface area (Å²) in [6, 6.07) is 1.54. The van der Waals surface area contributed by atoms with E-state index in [9.17, 15) is 4.79 Å². The summed E-state index contributed by atoms with van der Waals surface area (Å²) in [7, 11) is 0. The van der Waals surface area contributed by atoms with Gasteiger partial charge in [0, 0.05) is 6.07 Å². The zero-order chi connectivity index (χ0) is 8.97. The molecule has 0 fully saturated rings. The second-order valence-electron chi connectivity index (χ2n) is 1.96. The number of hydrogen-bond acceptors (Lipinski definition) is 5. The minimum absolute atomic E-state index is 0.0174. The minimum Gasteiger partial charge on any atom is -0.481 e. The van der Waals surface area contributed by atoms with E-state index in [-0.39, 0.29) is 5.75 Å². The molecule has 6 heteroatoms. The molecule has 1 rings (SSSR count). The average molecular weight is 185 g/mol. The fourth-order valence-corrected chi connectivity index (χ4v) is 1.17. The lowest BCUT2D eigenvalue weighted by molar-refractivity contribution is -0.133. The average Bonchev–Trinajstić information content (AvgIpc) is 2.01. The van der Waals surface area contributed by atoms with Gasteiger partial charge in [-0.1, -0.05) is 11.8 Å². The topological polar surface area (TPSA) is 89.1 Å². The molecule has 0 bridgehead atoms. The van der Waals surface area contributed by atoms with Crippen molar-refractivity contribution >= 4 is 23.5 Å². The molecule has 0 aromatic carbocycles. The number of carboxylic acid groups (broad SMARTS) is 1. The van der Waals surface area contributed by atoms with E-state index in [4.69, 9.17) is 10.8 Å². The normalized spacial score (nSPS) is 9.67. The molecular weight excluding hydrogens is 178 g/mol. The maximum Gasteiger partial charge on any atom is 0.313 e. The van der Waals surface area contributed by atoms with Crippen molar-refractivity contribution in [2.45, 2.75) is 5.03 Å². The van der Waals surface area contributed by atoms with Crippen LogP contribution in [0.5, 0.6) is 0 Å². The SMILES string of the molecule is Nc1cc(SCC(=O)O)ncn1. The van der Waals surface area contributed by atoms with Crippen molar-refractivity contribution in [2.75, 3.05) is 11.5 Å². The highest BCUT2D eigenvalue weighted by atomic mass is 32.2. The Labute approximate surface area is 73.0 Å². The number of thioether (sulfide) groups is 1. The van der Waals surface area contributed by atoms with Crippen LogP contribution < -0.4 is 5.73 Å². The number of nitrogens with two attached hydrogens (primary N) is 1. The number of nitrogen functional groups attached to an aromatic ring is 1. The van der Waals surface area contributed by atoms with Gasteiger partial charge in [0.25, 0.3) is 0 Å². The molecule has 5 nitrogen and oxygen atoms in total. The fraction of sp³-hybridized carbons (Fsp3) is 0.167. The number of aliphatic carboxylic acids is 1. The number of nitrogens with zero attached hydrogens (tertiary/aromatic N) is 2. The molecule has 64 valence electrons. The van der Waals surface area contributed by atoms with Crippen LogP contribution in [0, 0.1) is 0 Å². The summed E-state index contributed by atoms with van der Waals surface area (Å²) >= 11 is 1.11. The molecule has 0 saturated heterocycles. The van der Waals surface area contributed by atoms with Crippen LogP contribution in [-0.4, -0.2) is 26.8 Å². The van der Waals surface area contributed by atoms with Crippen molar-refractivity contribution in [1.29, 1.82) is 0 Å². The molecule has 3 N–H and O–H groups in total. The van der Waals surface area contributed by atoms with E-state index >= 15 is 0 Å². The fourth-order valence-electron chi connectivity index (χ4n) is 0.568. The van der Waals surface area contributed by atoms with Gasteiger partial charge in [-0.15, -0.1) is 0 Å². The van der Waals surface area contributed by atoms with E-state index in [1.54, 1.807) is 0 Å². The van der Waals surface area contributed by atoms with E-state index in [1.165, 1.54) is 12.4 Å². The lowest BCUT2D eigenvalue weighted by Gasteiger charge is -1.96. The molecule has 0 amide bonds. The van der Waals surface area contributed by atoms with E-state index in [0.29, 0.717) is 10.8 Å². The Hall–Kier alpha value is -1.30. The Bertz CT molecular complexity index is 292. The largest absolute Gasteiger partial charge is 0.481 e. The molecule has 0 spiro atoms. The van der Waals surface area contributed by atoms with E-state index in [2.05, 4.69) is 9.97 Å². The molecule has 0 aliphatic carbocycles. The van der Waals surface area contributed by atoms with Crippen LogP contribution in [0.15, 0.2) is 17.4 Å². The molecule has 1 heterocycles. The second kappa shape index (κ2) is 3.91. The highest BCUT2D eigenvalue weighted by Gasteiger charge is 2.00. The first kappa shape index (κ1) is 8.79. The summed E-state index contributed by atoms with van der Waals surface area (Å²) in [5.41, 5.74) is 5.35. The molecule has 1 aromatic heterocycles. The van der Waals surface area contributed by atoms with Crippen molar-refractivity contribution in [2.24, 2.45) is 0 Å². The summed E-state index contributed by atoms with van der Waals surface area (Å²) < 4.78 is 0. The van der Waals surface area contributed by atoms with Crippen LogP contribution in [0.3, 0.4) is 0 Å². The summed E-state index contributed by atoms with van der Waals surface area (Å²) in [6.45, 7) is 0. The quantitative estimate of drug-likeness (QED) is 0.517. The Balaban J connectivity index is 2.57. The number of rotatable bonds is 3. The highest BCUT2D eigenvalue weighted by Crippen LogP contribution is 2.14.